The van der Waals surface area contributed by atoms with Crippen molar-refractivity contribution >= 4 is 5.97 Å². The lowest BCUT2D eigenvalue weighted by Crippen LogP contribution is -2.57. The molecule has 1 saturated carbocycles. The van der Waals surface area contributed by atoms with Crippen molar-refractivity contribution in [1.29, 1.82) is 0 Å². The van der Waals surface area contributed by atoms with Gasteiger partial charge in [0, 0.05) is 24.5 Å². The number of fused-ring (bicyclic) bond motifs is 3. The summed E-state index contributed by atoms with van der Waals surface area (Å²) in [5.41, 5.74) is 1.35. The van der Waals surface area contributed by atoms with Gasteiger partial charge in [0.25, 0.3) is 0 Å². The van der Waals surface area contributed by atoms with Crippen LogP contribution >= 0.6 is 0 Å². The zero-order valence-corrected chi connectivity index (χ0v) is 23.9. The fourth-order valence-electron chi connectivity index (χ4n) is 8.20. The fraction of sp³-hybridized carbons (Fsp3) is 0.606. The highest BCUT2D eigenvalue weighted by Gasteiger charge is 2.52. The number of nitrogens with zero attached hydrogens (tertiary/aromatic N) is 1. The second-order valence-electron chi connectivity index (χ2n) is 12.4. The second-order valence-corrected chi connectivity index (χ2v) is 12.4. The third kappa shape index (κ3) is 5.47. The van der Waals surface area contributed by atoms with Gasteiger partial charge in [0.1, 0.15) is 11.3 Å². The molecule has 3 N–H and O–H groups in total. The van der Waals surface area contributed by atoms with Crippen LogP contribution in [-0.2, 0) is 25.4 Å². The predicted octanol–water partition coefficient (Wildman–Crippen LogP) is 3.82. The Balaban J connectivity index is 1.35. The van der Waals surface area contributed by atoms with Gasteiger partial charge in [0.2, 0.25) is 5.76 Å². The first-order chi connectivity index (χ1) is 20.0. The summed E-state index contributed by atoms with van der Waals surface area (Å²) in [6.07, 6.45) is 11.0. The van der Waals surface area contributed by atoms with Crippen LogP contribution in [0.2, 0.25) is 0 Å². The van der Waals surface area contributed by atoms with E-state index in [0.717, 1.165) is 44.4 Å². The summed E-state index contributed by atoms with van der Waals surface area (Å²) in [7, 11) is 1.43. The average molecular weight is 566 g/mol. The van der Waals surface area contributed by atoms with Crippen LogP contribution in [0, 0.1) is 23.7 Å². The monoisotopic (exact) mass is 565 g/mol. The molecule has 4 aliphatic heterocycles. The van der Waals surface area contributed by atoms with Crippen LogP contribution in [0.4, 0.5) is 0 Å². The van der Waals surface area contributed by atoms with Gasteiger partial charge in [-0.15, -0.1) is 0 Å². The van der Waals surface area contributed by atoms with Crippen molar-refractivity contribution in [1.82, 2.24) is 4.90 Å². The number of cyclic esters (lactones) is 1. The number of esters is 1. The molecule has 8 heteroatoms. The Labute approximate surface area is 242 Å². The number of ether oxygens (including phenoxy) is 3. The van der Waals surface area contributed by atoms with E-state index in [2.05, 4.69) is 35.2 Å². The summed E-state index contributed by atoms with van der Waals surface area (Å²) >= 11 is 0. The first-order valence-electron chi connectivity index (χ1n) is 15.3. The van der Waals surface area contributed by atoms with E-state index in [4.69, 9.17) is 14.2 Å². The van der Waals surface area contributed by atoms with Crippen molar-refractivity contribution in [2.45, 2.75) is 76.0 Å². The Morgan fingerprint density at radius 2 is 1.85 bits per heavy atom. The second kappa shape index (κ2) is 12.3. The van der Waals surface area contributed by atoms with Crippen LogP contribution in [-0.4, -0.2) is 71.2 Å². The maximum Gasteiger partial charge on any atom is 0.345 e. The maximum atomic E-state index is 12.5. The summed E-state index contributed by atoms with van der Waals surface area (Å²) in [4.78, 5) is 15.0. The smallest absolute Gasteiger partial charge is 0.345 e. The molecule has 41 heavy (non-hydrogen) atoms. The molecule has 0 radical (unpaired) electrons. The van der Waals surface area contributed by atoms with Gasteiger partial charge in [-0.25, -0.2) is 4.79 Å². The molecule has 6 atom stereocenters. The van der Waals surface area contributed by atoms with Crippen LogP contribution < -0.4 is 0 Å². The Morgan fingerprint density at radius 3 is 2.56 bits per heavy atom. The lowest BCUT2D eigenvalue weighted by molar-refractivity contribution is -0.134. The van der Waals surface area contributed by atoms with Crippen molar-refractivity contribution < 1.29 is 34.3 Å². The highest BCUT2D eigenvalue weighted by molar-refractivity contribution is 5.94. The topological polar surface area (TPSA) is 109 Å². The number of methoxy groups -OCH3 is 1. The Hall–Kier alpha value is -2.65. The number of piperidine rings is 1. The number of carbonyl (C=O) groups excluding carboxylic acids is 1. The summed E-state index contributed by atoms with van der Waals surface area (Å²) < 4.78 is 17.5. The van der Waals surface area contributed by atoms with Crippen molar-refractivity contribution in [2.24, 2.45) is 23.7 Å². The number of rotatable bonds is 8. The van der Waals surface area contributed by atoms with E-state index in [0.29, 0.717) is 17.6 Å². The van der Waals surface area contributed by atoms with Gasteiger partial charge in [-0.3, -0.25) is 4.90 Å². The Kier molecular flexibility index (Phi) is 8.54. The van der Waals surface area contributed by atoms with E-state index in [1.807, 2.05) is 6.07 Å². The van der Waals surface area contributed by atoms with E-state index in [1.54, 1.807) is 0 Å². The van der Waals surface area contributed by atoms with E-state index < -0.39 is 24.6 Å². The molecule has 1 aliphatic carbocycles. The SMILES string of the molecule is COC1=C(CO)C(=O)OC1=C1OC2=CCCN3C(C(O)CC4CCCC4)CC(Cc4ccccc4)CC3C2C1CO. The van der Waals surface area contributed by atoms with Gasteiger partial charge in [-0.05, 0) is 55.6 Å². The number of carbonyl (C=O) groups is 1. The molecule has 222 valence electrons. The van der Waals surface area contributed by atoms with Crippen molar-refractivity contribution in [3.05, 3.63) is 70.6 Å². The van der Waals surface area contributed by atoms with Gasteiger partial charge in [-0.1, -0.05) is 56.0 Å². The molecule has 0 amide bonds. The Morgan fingerprint density at radius 1 is 1.07 bits per heavy atom. The Bertz CT molecular complexity index is 1200. The molecule has 6 rings (SSSR count). The van der Waals surface area contributed by atoms with Crippen LogP contribution in [0.25, 0.3) is 0 Å². The molecule has 5 aliphatic rings. The largest absolute Gasteiger partial charge is 0.492 e. The van der Waals surface area contributed by atoms with Crippen LogP contribution in [0.5, 0.6) is 0 Å². The minimum atomic E-state index is -0.662. The predicted molar refractivity (Wildman–Crippen MR) is 152 cm³/mol. The van der Waals surface area contributed by atoms with E-state index in [9.17, 15) is 20.1 Å². The molecule has 6 unspecified atom stereocenters. The molecule has 0 spiro atoms. The minimum Gasteiger partial charge on any atom is -0.492 e. The number of hydrogen-bond donors (Lipinski definition) is 3. The highest BCUT2D eigenvalue weighted by atomic mass is 16.6. The van der Waals surface area contributed by atoms with Crippen molar-refractivity contribution in [3.8, 4) is 0 Å². The normalized spacial score (nSPS) is 33.1. The first-order valence-corrected chi connectivity index (χ1v) is 15.3. The minimum absolute atomic E-state index is 0.0339. The highest BCUT2D eigenvalue weighted by Crippen LogP contribution is 2.50. The molecule has 1 aromatic rings. The lowest BCUT2D eigenvalue weighted by Gasteiger charge is -2.49. The number of aliphatic hydroxyl groups excluding tert-OH is 3. The zero-order valence-electron chi connectivity index (χ0n) is 23.9. The van der Waals surface area contributed by atoms with Gasteiger partial charge in [0.15, 0.2) is 11.5 Å². The van der Waals surface area contributed by atoms with Gasteiger partial charge >= 0.3 is 5.97 Å². The number of aliphatic hydroxyl groups is 3. The standard InChI is InChI=1S/C33H43NO7/c1-39-30-24(19-36)33(38)41-32(30)31-23(18-35)29-26-16-22(14-20-8-3-2-4-9-20)15-25(27(37)17-21-10-5-6-11-21)34(26)13-7-12-28(29)40-31/h2-4,8-9,12,21-23,25-27,29,35-37H,5-7,10-11,13-19H2,1H3. The fourth-order valence-corrected chi connectivity index (χ4v) is 8.20. The number of hydrogen-bond acceptors (Lipinski definition) is 8. The van der Waals surface area contributed by atoms with Gasteiger partial charge < -0.3 is 29.5 Å². The summed E-state index contributed by atoms with van der Waals surface area (Å²) in [6, 6.07) is 10.6. The third-order valence-electron chi connectivity index (χ3n) is 10.0. The molecule has 3 fully saturated rings. The molecule has 4 heterocycles. The molecule has 2 saturated heterocycles. The van der Waals surface area contributed by atoms with Crippen LogP contribution in [0.1, 0.15) is 56.9 Å². The van der Waals surface area contributed by atoms with E-state index in [1.165, 1.54) is 38.4 Å². The molecule has 0 aromatic heterocycles. The van der Waals surface area contributed by atoms with E-state index >= 15 is 0 Å². The zero-order chi connectivity index (χ0) is 28.5. The summed E-state index contributed by atoms with van der Waals surface area (Å²) in [6.45, 7) is 0.134. The average Bonchev–Trinajstić information content (AvgIpc) is 3.67. The van der Waals surface area contributed by atoms with E-state index in [-0.39, 0.29) is 41.7 Å². The summed E-state index contributed by atoms with van der Waals surface area (Å²) in [5.74, 6) is 1.18. The number of benzene rings is 1. The molecule has 8 nitrogen and oxygen atoms in total. The van der Waals surface area contributed by atoms with Gasteiger partial charge in [-0.2, -0.15) is 0 Å². The quantitative estimate of drug-likeness (QED) is 0.409. The van der Waals surface area contributed by atoms with Crippen LogP contribution in [0.15, 0.2) is 65.0 Å². The van der Waals surface area contributed by atoms with Gasteiger partial charge in [0.05, 0.1) is 32.3 Å². The molecular formula is C33H43NO7. The van der Waals surface area contributed by atoms with Crippen LogP contribution in [0.3, 0.4) is 0 Å². The summed E-state index contributed by atoms with van der Waals surface area (Å²) in [5, 5.41) is 32.3. The van der Waals surface area contributed by atoms with Crippen molar-refractivity contribution in [2.75, 3.05) is 26.9 Å². The first kappa shape index (κ1) is 28.5. The lowest BCUT2D eigenvalue weighted by atomic mass is 9.73. The molecule has 0 bridgehead atoms. The third-order valence-corrected chi connectivity index (χ3v) is 10.0. The maximum absolute atomic E-state index is 12.5. The molecule has 1 aromatic carbocycles. The van der Waals surface area contributed by atoms with Crippen molar-refractivity contribution in [3.63, 3.8) is 0 Å². The molecular weight excluding hydrogens is 522 g/mol.